The second-order valence-corrected chi connectivity index (χ2v) is 6.60. The first-order chi connectivity index (χ1) is 9.83. The van der Waals surface area contributed by atoms with Crippen molar-refractivity contribution in [1.29, 1.82) is 0 Å². The van der Waals surface area contributed by atoms with E-state index in [1.807, 2.05) is 7.11 Å². The van der Waals surface area contributed by atoms with E-state index in [0.29, 0.717) is 0 Å². The molecule has 1 fully saturated rings. The van der Waals surface area contributed by atoms with E-state index in [0.717, 1.165) is 6.54 Å². The van der Waals surface area contributed by atoms with Crippen LogP contribution in [0.5, 0.6) is 0 Å². The van der Waals surface area contributed by atoms with Gasteiger partial charge in [0, 0.05) is 13.7 Å². The number of ether oxygens (including phenoxy) is 1. The fourth-order valence-electron chi connectivity index (χ4n) is 3.08. The lowest BCUT2D eigenvalue weighted by atomic mass is 9.80. The van der Waals surface area contributed by atoms with Gasteiger partial charge in [0.15, 0.2) is 0 Å². The number of rotatable bonds is 14. The Morgan fingerprint density at radius 3 is 1.85 bits per heavy atom. The summed E-state index contributed by atoms with van der Waals surface area (Å²) in [5.41, 5.74) is 0.193. The Bertz CT molecular complexity index is 208. The highest BCUT2D eigenvalue weighted by Gasteiger charge is 2.36. The molecule has 0 aliphatic heterocycles. The SMILES string of the molecule is CCCCCCCCCCCCNCC1(OC)CCC1. The lowest BCUT2D eigenvalue weighted by Crippen LogP contribution is -2.48. The van der Waals surface area contributed by atoms with Crippen LogP contribution in [0, 0.1) is 0 Å². The number of hydrogen-bond acceptors (Lipinski definition) is 2. The van der Waals surface area contributed by atoms with Gasteiger partial charge in [-0.25, -0.2) is 0 Å². The van der Waals surface area contributed by atoms with E-state index in [2.05, 4.69) is 12.2 Å². The maximum absolute atomic E-state index is 5.61. The van der Waals surface area contributed by atoms with Crippen molar-refractivity contribution < 1.29 is 4.74 Å². The molecule has 1 rings (SSSR count). The van der Waals surface area contributed by atoms with Crippen LogP contribution in [-0.2, 0) is 4.74 Å². The molecule has 120 valence electrons. The van der Waals surface area contributed by atoms with Gasteiger partial charge in [-0.05, 0) is 32.2 Å². The molecule has 2 heteroatoms. The Balaban J connectivity index is 1.74. The van der Waals surface area contributed by atoms with E-state index in [4.69, 9.17) is 4.74 Å². The van der Waals surface area contributed by atoms with Gasteiger partial charge in [0.05, 0.1) is 5.60 Å². The highest BCUT2D eigenvalue weighted by molar-refractivity contribution is 4.91. The van der Waals surface area contributed by atoms with Crippen LogP contribution in [0.3, 0.4) is 0 Å². The molecule has 1 aliphatic carbocycles. The van der Waals surface area contributed by atoms with Gasteiger partial charge < -0.3 is 10.1 Å². The lowest BCUT2D eigenvalue weighted by molar-refractivity contribution is -0.0692. The maximum atomic E-state index is 5.61. The summed E-state index contributed by atoms with van der Waals surface area (Å²) in [6, 6.07) is 0. The zero-order valence-electron chi connectivity index (χ0n) is 14.0. The van der Waals surface area contributed by atoms with Crippen LogP contribution in [0.15, 0.2) is 0 Å². The van der Waals surface area contributed by atoms with Gasteiger partial charge in [-0.15, -0.1) is 0 Å². The zero-order valence-corrected chi connectivity index (χ0v) is 14.0. The summed E-state index contributed by atoms with van der Waals surface area (Å²) in [6.07, 6.45) is 18.0. The monoisotopic (exact) mass is 283 g/mol. The van der Waals surface area contributed by atoms with Crippen LogP contribution in [-0.4, -0.2) is 25.8 Å². The molecule has 0 bridgehead atoms. The van der Waals surface area contributed by atoms with Crippen LogP contribution in [0.1, 0.15) is 90.4 Å². The first-order valence-corrected chi connectivity index (χ1v) is 9.09. The van der Waals surface area contributed by atoms with Gasteiger partial charge >= 0.3 is 0 Å². The molecule has 0 atom stereocenters. The lowest BCUT2D eigenvalue weighted by Gasteiger charge is -2.40. The summed E-state index contributed by atoms with van der Waals surface area (Å²) in [6.45, 7) is 4.51. The smallest absolute Gasteiger partial charge is 0.0802 e. The van der Waals surface area contributed by atoms with Crippen molar-refractivity contribution in [3.63, 3.8) is 0 Å². The highest BCUT2D eigenvalue weighted by atomic mass is 16.5. The summed E-state index contributed by atoms with van der Waals surface area (Å²) in [7, 11) is 1.86. The third-order valence-corrected chi connectivity index (χ3v) is 4.85. The van der Waals surface area contributed by atoms with E-state index in [9.17, 15) is 0 Å². The molecular weight excluding hydrogens is 246 g/mol. The molecular formula is C18H37NO. The van der Waals surface area contributed by atoms with Crippen molar-refractivity contribution in [2.45, 2.75) is 96.0 Å². The third kappa shape index (κ3) is 7.64. The molecule has 0 amide bonds. The summed E-state index contributed by atoms with van der Waals surface area (Å²) in [5, 5.41) is 3.58. The molecule has 2 nitrogen and oxygen atoms in total. The molecule has 0 aromatic heterocycles. The first-order valence-electron chi connectivity index (χ1n) is 9.09. The summed E-state index contributed by atoms with van der Waals surface area (Å²) >= 11 is 0. The molecule has 0 spiro atoms. The number of nitrogens with one attached hydrogen (secondary N) is 1. The molecule has 0 heterocycles. The van der Waals surface area contributed by atoms with E-state index < -0.39 is 0 Å². The van der Waals surface area contributed by atoms with Gasteiger partial charge in [-0.2, -0.15) is 0 Å². The molecule has 0 unspecified atom stereocenters. The summed E-state index contributed by atoms with van der Waals surface area (Å²) in [4.78, 5) is 0. The van der Waals surface area contributed by atoms with Crippen LogP contribution in [0.2, 0.25) is 0 Å². The Morgan fingerprint density at radius 2 is 1.40 bits per heavy atom. The minimum absolute atomic E-state index is 0.193. The van der Waals surface area contributed by atoms with Crippen LogP contribution >= 0.6 is 0 Å². The Morgan fingerprint density at radius 1 is 0.850 bits per heavy atom. The fraction of sp³-hybridized carbons (Fsp3) is 1.00. The van der Waals surface area contributed by atoms with Gasteiger partial charge in [0.2, 0.25) is 0 Å². The summed E-state index contributed by atoms with van der Waals surface area (Å²) in [5.74, 6) is 0. The van der Waals surface area contributed by atoms with Gasteiger partial charge in [0.1, 0.15) is 0 Å². The maximum Gasteiger partial charge on any atom is 0.0802 e. The van der Waals surface area contributed by atoms with Crippen LogP contribution in [0.25, 0.3) is 0 Å². The molecule has 20 heavy (non-hydrogen) atoms. The Labute approximate surface area is 127 Å². The topological polar surface area (TPSA) is 21.3 Å². The molecule has 0 aromatic rings. The average Bonchev–Trinajstić information content (AvgIpc) is 2.42. The predicted octanol–water partition coefficient (Wildman–Crippen LogP) is 5.07. The van der Waals surface area contributed by atoms with Crippen molar-refractivity contribution in [2.75, 3.05) is 20.2 Å². The van der Waals surface area contributed by atoms with Gasteiger partial charge in [-0.3, -0.25) is 0 Å². The van der Waals surface area contributed by atoms with Crippen molar-refractivity contribution >= 4 is 0 Å². The molecule has 0 aromatic carbocycles. The fourth-order valence-corrected chi connectivity index (χ4v) is 3.08. The van der Waals surface area contributed by atoms with E-state index in [1.54, 1.807) is 0 Å². The van der Waals surface area contributed by atoms with Crippen molar-refractivity contribution in [3.8, 4) is 0 Å². The average molecular weight is 284 g/mol. The molecule has 0 radical (unpaired) electrons. The van der Waals surface area contributed by atoms with Crippen LogP contribution < -0.4 is 5.32 Å². The first kappa shape index (κ1) is 18.0. The van der Waals surface area contributed by atoms with Crippen LogP contribution in [0.4, 0.5) is 0 Å². The Hall–Kier alpha value is -0.0800. The second-order valence-electron chi connectivity index (χ2n) is 6.60. The predicted molar refractivity (Wildman–Crippen MR) is 88.3 cm³/mol. The number of unbranched alkanes of at least 4 members (excludes halogenated alkanes) is 9. The number of hydrogen-bond donors (Lipinski definition) is 1. The van der Waals surface area contributed by atoms with Gasteiger partial charge in [0.25, 0.3) is 0 Å². The zero-order chi connectivity index (χ0) is 14.5. The largest absolute Gasteiger partial charge is 0.377 e. The molecule has 1 saturated carbocycles. The minimum atomic E-state index is 0.193. The van der Waals surface area contributed by atoms with E-state index in [1.165, 1.54) is 90.0 Å². The molecule has 1 N–H and O–H groups in total. The Kier molecular flexibility index (Phi) is 10.4. The van der Waals surface area contributed by atoms with Gasteiger partial charge in [-0.1, -0.05) is 64.7 Å². The van der Waals surface area contributed by atoms with E-state index in [-0.39, 0.29) is 5.60 Å². The second kappa shape index (κ2) is 11.6. The minimum Gasteiger partial charge on any atom is -0.377 e. The standard InChI is InChI=1S/C18H37NO/c1-3-4-5-6-7-8-9-10-11-12-16-19-17-18(20-2)14-13-15-18/h19H,3-17H2,1-2H3. The van der Waals surface area contributed by atoms with Crippen molar-refractivity contribution in [1.82, 2.24) is 5.32 Å². The van der Waals surface area contributed by atoms with Crippen molar-refractivity contribution in [2.24, 2.45) is 0 Å². The normalized spacial score (nSPS) is 17.1. The van der Waals surface area contributed by atoms with Crippen molar-refractivity contribution in [3.05, 3.63) is 0 Å². The number of methoxy groups -OCH3 is 1. The summed E-state index contributed by atoms with van der Waals surface area (Å²) < 4.78 is 5.61. The third-order valence-electron chi connectivity index (χ3n) is 4.85. The molecule has 0 saturated heterocycles. The highest BCUT2D eigenvalue weighted by Crippen LogP contribution is 2.34. The van der Waals surface area contributed by atoms with E-state index >= 15 is 0 Å². The quantitative estimate of drug-likeness (QED) is 0.450. The molecule has 1 aliphatic rings.